The van der Waals surface area contributed by atoms with Crippen LogP contribution in [-0.2, 0) is 0 Å². The molecule has 0 heteroatoms. The summed E-state index contributed by atoms with van der Waals surface area (Å²) in [5.41, 5.74) is 3.43. The molecule has 0 spiro atoms. The van der Waals surface area contributed by atoms with Crippen molar-refractivity contribution < 1.29 is 0 Å². The second kappa shape index (κ2) is 7.29. The summed E-state index contributed by atoms with van der Waals surface area (Å²) < 4.78 is 0. The van der Waals surface area contributed by atoms with E-state index in [2.05, 4.69) is 38.2 Å². The van der Waals surface area contributed by atoms with Crippen molar-refractivity contribution in [3.8, 4) is 0 Å². The van der Waals surface area contributed by atoms with E-state index in [-0.39, 0.29) is 14.9 Å². The molecular weight excluding hydrogens is 240 g/mol. The Morgan fingerprint density at radius 1 is 0.950 bits per heavy atom. The van der Waals surface area contributed by atoms with Gasteiger partial charge in [0.25, 0.3) is 0 Å². The van der Waals surface area contributed by atoms with Gasteiger partial charge in [-0.05, 0) is 69.6 Å². The van der Waals surface area contributed by atoms with E-state index in [0.717, 1.165) is 23.7 Å². The molecule has 20 heavy (non-hydrogen) atoms. The third-order valence-electron chi connectivity index (χ3n) is 5.61. The summed E-state index contributed by atoms with van der Waals surface area (Å²) in [6.07, 6.45) is 17.9. The van der Waals surface area contributed by atoms with Gasteiger partial charge in [0.1, 0.15) is 0 Å². The minimum absolute atomic E-state index is 0. The minimum Gasteiger partial charge on any atom is -0.0882 e. The van der Waals surface area contributed by atoms with Gasteiger partial charge in [0.15, 0.2) is 0 Å². The van der Waals surface area contributed by atoms with E-state index in [1.807, 2.05) is 0 Å². The SMILES string of the molecule is C.C.CC=C1CC2C=CCC12.CC=C1CC2CCCC12. The van der Waals surface area contributed by atoms with E-state index in [9.17, 15) is 0 Å². The van der Waals surface area contributed by atoms with E-state index in [1.54, 1.807) is 11.1 Å². The lowest BCUT2D eigenvalue weighted by Gasteiger charge is -2.34. The maximum atomic E-state index is 2.37. The third kappa shape index (κ3) is 2.95. The van der Waals surface area contributed by atoms with Gasteiger partial charge >= 0.3 is 0 Å². The van der Waals surface area contributed by atoms with Crippen LogP contribution in [0.25, 0.3) is 0 Å². The van der Waals surface area contributed by atoms with Crippen molar-refractivity contribution in [3.05, 3.63) is 35.5 Å². The zero-order chi connectivity index (χ0) is 12.5. The molecule has 3 fully saturated rings. The first-order valence-corrected chi connectivity index (χ1v) is 7.80. The van der Waals surface area contributed by atoms with E-state index in [1.165, 1.54) is 38.5 Å². The van der Waals surface area contributed by atoms with Crippen molar-refractivity contribution in [3.63, 3.8) is 0 Å². The summed E-state index contributed by atoms with van der Waals surface area (Å²) >= 11 is 0. The summed E-state index contributed by atoms with van der Waals surface area (Å²) in [5.74, 6) is 4.00. The van der Waals surface area contributed by atoms with Crippen LogP contribution in [0.3, 0.4) is 0 Å². The van der Waals surface area contributed by atoms with Gasteiger partial charge in [-0.1, -0.05) is 56.7 Å². The highest BCUT2D eigenvalue weighted by Gasteiger charge is 2.38. The van der Waals surface area contributed by atoms with Gasteiger partial charge in [0, 0.05) is 0 Å². The lowest BCUT2D eigenvalue weighted by molar-refractivity contribution is 0.325. The molecule has 0 bridgehead atoms. The molecule has 0 amide bonds. The highest BCUT2D eigenvalue weighted by Crippen LogP contribution is 2.50. The molecule has 4 aliphatic carbocycles. The van der Waals surface area contributed by atoms with Crippen LogP contribution in [-0.4, -0.2) is 0 Å². The molecule has 0 nitrogen and oxygen atoms in total. The molecule has 4 unspecified atom stereocenters. The Hall–Kier alpha value is -0.780. The van der Waals surface area contributed by atoms with Crippen LogP contribution in [0.2, 0.25) is 0 Å². The molecule has 0 aliphatic heterocycles. The molecule has 0 saturated heterocycles. The number of fused-ring (bicyclic) bond motifs is 2. The monoisotopic (exact) mass is 274 g/mol. The molecule has 0 aromatic carbocycles. The fourth-order valence-electron chi connectivity index (χ4n) is 4.34. The van der Waals surface area contributed by atoms with Crippen LogP contribution in [0.5, 0.6) is 0 Å². The van der Waals surface area contributed by atoms with Crippen LogP contribution in [0.1, 0.15) is 67.2 Å². The van der Waals surface area contributed by atoms with Crippen LogP contribution < -0.4 is 0 Å². The first-order chi connectivity index (χ1) is 8.83. The smallest absolute Gasteiger partial charge is 0.0103 e. The summed E-state index contributed by atoms with van der Waals surface area (Å²) in [6, 6.07) is 0. The number of hydrogen-bond acceptors (Lipinski definition) is 0. The molecular formula is C20H34. The summed E-state index contributed by atoms with van der Waals surface area (Å²) in [4.78, 5) is 0. The van der Waals surface area contributed by atoms with E-state index in [0.29, 0.717) is 0 Å². The summed E-state index contributed by atoms with van der Waals surface area (Å²) in [6.45, 7) is 4.34. The average Bonchev–Trinajstić information content (AvgIpc) is 2.87. The molecule has 0 aromatic rings. The van der Waals surface area contributed by atoms with E-state index >= 15 is 0 Å². The summed E-state index contributed by atoms with van der Waals surface area (Å²) in [5, 5.41) is 0. The molecule has 4 atom stereocenters. The van der Waals surface area contributed by atoms with Crippen molar-refractivity contribution in [1.82, 2.24) is 0 Å². The van der Waals surface area contributed by atoms with Gasteiger partial charge in [-0.2, -0.15) is 0 Å². The van der Waals surface area contributed by atoms with Gasteiger partial charge in [-0.15, -0.1) is 0 Å². The Morgan fingerprint density at radius 2 is 1.65 bits per heavy atom. The van der Waals surface area contributed by atoms with Gasteiger partial charge in [-0.3, -0.25) is 0 Å². The number of hydrogen-bond donors (Lipinski definition) is 0. The van der Waals surface area contributed by atoms with Crippen molar-refractivity contribution >= 4 is 0 Å². The van der Waals surface area contributed by atoms with Crippen molar-refractivity contribution in [2.45, 2.75) is 67.2 Å². The molecule has 3 saturated carbocycles. The molecule has 0 radical (unpaired) electrons. The predicted molar refractivity (Wildman–Crippen MR) is 91.8 cm³/mol. The van der Waals surface area contributed by atoms with E-state index < -0.39 is 0 Å². The lowest BCUT2D eigenvalue weighted by Crippen LogP contribution is -2.23. The normalized spacial score (nSPS) is 39.5. The molecule has 0 heterocycles. The fraction of sp³-hybridized carbons (Fsp3) is 0.700. The van der Waals surface area contributed by atoms with Crippen LogP contribution >= 0.6 is 0 Å². The predicted octanol–water partition coefficient (Wildman–Crippen LogP) is 6.55. The van der Waals surface area contributed by atoms with Crippen LogP contribution in [0.4, 0.5) is 0 Å². The number of allylic oxidation sites excluding steroid dienone is 6. The van der Waals surface area contributed by atoms with Crippen molar-refractivity contribution in [2.24, 2.45) is 23.7 Å². The standard InChI is InChI=1S/C9H14.C9H12.2CH4/c2*1-2-7-6-8-4-3-5-9(7)8;;/h2,8-9H,3-6H2,1H3;2-4,8-9H,5-6H2,1H3;2*1H4. The van der Waals surface area contributed by atoms with Gasteiger partial charge in [0.05, 0.1) is 0 Å². The fourth-order valence-corrected chi connectivity index (χ4v) is 4.34. The maximum absolute atomic E-state index is 2.37. The Labute approximate surface area is 127 Å². The zero-order valence-electron chi connectivity index (χ0n) is 11.9. The largest absolute Gasteiger partial charge is 0.0882 e. The quantitative estimate of drug-likeness (QED) is 0.439. The van der Waals surface area contributed by atoms with Gasteiger partial charge in [0.2, 0.25) is 0 Å². The van der Waals surface area contributed by atoms with Crippen LogP contribution in [0, 0.1) is 23.7 Å². The highest BCUT2D eigenvalue weighted by atomic mass is 14.4. The van der Waals surface area contributed by atoms with Crippen LogP contribution in [0.15, 0.2) is 35.5 Å². The number of rotatable bonds is 0. The third-order valence-corrected chi connectivity index (χ3v) is 5.61. The maximum Gasteiger partial charge on any atom is -0.0103 e. The first-order valence-electron chi connectivity index (χ1n) is 7.80. The van der Waals surface area contributed by atoms with Crippen molar-refractivity contribution in [2.75, 3.05) is 0 Å². The Kier molecular flexibility index (Phi) is 6.30. The molecule has 0 N–H and O–H groups in total. The average molecular weight is 274 g/mol. The zero-order valence-corrected chi connectivity index (χ0v) is 11.9. The molecule has 114 valence electrons. The minimum atomic E-state index is 0. The van der Waals surface area contributed by atoms with E-state index in [4.69, 9.17) is 0 Å². The first kappa shape index (κ1) is 17.3. The second-order valence-corrected chi connectivity index (χ2v) is 6.37. The Morgan fingerprint density at radius 3 is 2.25 bits per heavy atom. The molecule has 0 aromatic heterocycles. The van der Waals surface area contributed by atoms with Gasteiger partial charge < -0.3 is 0 Å². The molecule has 4 rings (SSSR count). The van der Waals surface area contributed by atoms with Gasteiger partial charge in [-0.25, -0.2) is 0 Å². The Bertz CT molecular complexity index is 386. The second-order valence-electron chi connectivity index (χ2n) is 6.37. The van der Waals surface area contributed by atoms with Crippen molar-refractivity contribution in [1.29, 1.82) is 0 Å². The highest BCUT2D eigenvalue weighted by molar-refractivity contribution is 5.27. The topological polar surface area (TPSA) is 0 Å². The Balaban J connectivity index is 0.000000182. The molecule has 4 aliphatic rings. The summed E-state index contributed by atoms with van der Waals surface area (Å²) in [7, 11) is 0. The lowest BCUT2D eigenvalue weighted by atomic mass is 9.71.